The van der Waals surface area contributed by atoms with Crippen LogP contribution in [-0.4, -0.2) is 30.0 Å². The molecule has 3 nitrogen and oxygen atoms in total. The lowest BCUT2D eigenvalue weighted by molar-refractivity contribution is 0.252. The molecule has 0 radical (unpaired) electrons. The number of hydrogen-bond donors (Lipinski definition) is 1. The zero-order chi connectivity index (χ0) is 14.4. The summed E-state index contributed by atoms with van der Waals surface area (Å²) in [6, 6.07) is 14.9. The number of aromatic nitrogens is 1. The van der Waals surface area contributed by atoms with Gasteiger partial charge in [-0.25, -0.2) is 0 Å². The number of nitrogens with zero attached hydrogens (tertiary/aromatic N) is 2. The highest BCUT2D eigenvalue weighted by Crippen LogP contribution is 2.19. The van der Waals surface area contributed by atoms with Crippen molar-refractivity contribution in [2.45, 2.75) is 19.4 Å². The van der Waals surface area contributed by atoms with Crippen LogP contribution in [0.2, 0.25) is 0 Å². The van der Waals surface area contributed by atoms with E-state index in [0.29, 0.717) is 6.54 Å². The van der Waals surface area contributed by atoms with E-state index < -0.39 is 0 Å². The van der Waals surface area contributed by atoms with Crippen molar-refractivity contribution in [2.24, 2.45) is 5.73 Å². The summed E-state index contributed by atoms with van der Waals surface area (Å²) in [7, 11) is 2.13. The Morgan fingerprint density at radius 3 is 2.50 bits per heavy atom. The van der Waals surface area contributed by atoms with Gasteiger partial charge in [-0.1, -0.05) is 35.9 Å². The highest BCUT2D eigenvalue weighted by molar-refractivity contribution is 5.24. The number of nitrogens with two attached hydrogens (primary N) is 1. The van der Waals surface area contributed by atoms with E-state index in [2.05, 4.69) is 54.2 Å². The second-order valence-corrected chi connectivity index (χ2v) is 5.21. The van der Waals surface area contributed by atoms with Crippen LogP contribution in [0.4, 0.5) is 0 Å². The van der Waals surface area contributed by atoms with Crippen LogP contribution in [0, 0.1) is 6.92 Å². The van der Waals surface area contributed by atoms with Crippen LogP contribution in [0.1, 0.15) is 22.9 Å². The Morgan fingerprint density at radius 1 is 1.15 bits per heavy atom. The van der Waals surface area contributed by atoms with E-state index in [9.17, 15) is 0 Å². The number of likely N-dealkylation sites (N-methyl/N-ethyl adjacent to an activating group) is 1. The molecule has 2 aromatic rings. The average Bonchev–Trinajstić information content (AvgIpc) is 2.49. The quantitative estimate of drug-likeness (QED) is 0.876. The second-order valence-electron chi connectivity index (χ2n) is 5.21. The third kappa shape index (κ3) is 3.89. The van der Waals surface area contributed by atoms with Gasteiger partial charge in [0.25, 0.3) is 0 Å². The van der Waals surface area contributed by atoms with E-state index in [4.69, 9.17) is 5.73 Å². The van der Waals surface area contributed by atoms with Crippen LogP contribution in [0.3, 0.4) is 0 Å². The molecule has 0 aliphatic rings. The van der Waals surface area contributed by atoms with Gasteiger partial charge in [0.15, 0.2) is 0 Å². The van der Waals surface area contributed by atoms with Crippen LogP contribution in [0.15, 0.2) is 48.7 Å². The van der Waals surface area contributed by atoms with Crippen LogP contribution in [0.5, 0.6) is 0 Å². The van der Waals surface area contributed by atoms with E-state index in [1.165, 1.54) is 11.1 Å². The van der Waals surface area contributed by atoms with Crippen molar-refractivity contribution in [2.75, 3.05) is 20.1 Å². The smallest absolute Gasteiger partial charge is 0.0467 e. The summed E-state index contributed by atoms with van der Waals surface area (Å²) >= 11 is 0. The van der Waals surface area contributed by atoms with Gasteiger partial charge >= 0.3 is 0 Å². The molecule has 1 aromatic heterocycles. The SMILES string of the molecule is Cc1ccc(C(CN)N(C)CCc2ccccn2)cc1. The van der Waals surface area contributed by atoms with Crippen molar-refractivity contribution in [3.63, 3.8) is 0 Å². The molecule has 1 atom stereocenters. The maximum absolute atomic E-state index is 5.96. The lowest BCUT2D eigenvalue weighted by Gasteiger charge is -2.27. The summed E-state index contributed by atoms with van der Waals surface area (Å²) in [5, 5.41) is 0. The summed E-state index contributed by atoms with van der Waals surface area (Å²) in [6.07, 6.45) is 2.79. The van der Waals surface area contributed by atoms with Crippen molar-refractivity contribution < 1.29 is 0 Å². The lowest BCUT2D eigenvalue weighted by Crippen LogP contribution is -2.32. The zero-order valence-corrected chi connectivity index (χ0v) is 12.3. The van der Waals surface area contributed by atoms with Crippen molar-refractivity contribution in [1.29, 1.82) is 0 Å². The molecule has 0 spiro atoms. The largest absolute Gasteiger partial charge is 0.329 e. The predicted molar refractivity (Wildman–Crippen MR) is 83.5 cm³/mol. The minimum absolute atomic E-state index is 0.263. The first-order valence-electron chi connectivity index (χ1n) is 7.07. The summed E-state index contributed by atoms with van der Waals surface area (Å²) in [5.74, 6) is 0. The molecule has 0 amide bonds. The zero-order valence-electron chi connectivity index (χ0n) is 12.3. The Balaban J connectivity index is 1.98. The average molecular weight is 269 g/mol. The molecule has 0 bridgehead atoms. The van der Waals surface area contributed by atoms with Gasteiger partial charge in [-0.05, 0) is 31.7 Å². The van der Waals surface area contributed by atoms with E-state index >= 15 is 0 Å². The van der Waals surface area contributed by atoms with Gasteiger partial charge in [-0.2, -0.15) is 0 Å². The van der Waals surface area contributed by atoms with Crippen molar-refractivity contribution in [1.82, 2.24) is 9.88 Å². The van der Waals surface area contributed by atoms with E-state index in [1.807, 2.05) is 18.3 Å². The monoisotopic (exact) mass is 269 g/mol. The van der Waals surface area contributed by atoms with Gasteiger partial charge < -0.3 is 5.73 Å². The third-order valence-corrected chi connectivity index (χ3v) is 3.66. The van der Waals surface area contributed by atoms with Gasteiger partial charge in [-0.3, -0.25) is 9.88 Å². The van der Waals surface area contributed by atoms with Gasteiger partial charge in [0, 0.05) is 37.4 Å². The molecular weight excluding hydrogens is 246 g/mol. The van der Waals surface area contributed by atoms with Crippen LogP contribution < -0.4 is 5.73 Å². The highest BCUT2D eigenvalue weighted by Gasteiger charge is 2.15. The fraction of sp³-hybridized carbons (Fsp3) is 0.353. The molecule has 20 heavy (non-hydrogen) atoms. The van der Waals surface area contributed by atoms with Gasteiger partial charge in [0.1, 0.15) is 0 Å². The van der Waals surface area contributed by atoms with Gasteiger partial charge in [0.2, 0.25) is 0 Å². The number of pyridine rings is 1. The molecule has 1 aromatic carbocycles. The fourth-order valence-corrected chi connectivity index (χ4v) is 2.35. The minimum atomic E-state index is 0.263. The summed E-state index contributed by atoms with van der Waals surface area (Å²) in [4.78, 5) is 6.67. The number of benzene rings is 1. The first kappa shape index (κ1) is 14.7. The molecule has 1 unspecified atom stereocenters. The van der Waals surface area contributed by atoms with E-state index in [0.717, 1.165) is 18.7 Å². The Kier molecular flexibility index (Phi) is 5.27. The summed E-state index contributed by atoms with van der Waals surface area (Å²) < 4.78 is 0. The normalized spacial score (nSPS) is 12.6. The van der Waals surface area contributed by atoms with Gasteiger partial charge in [0.05, 0.1) is 0 Å². The molecule has 0 fully saturated rings. The molecule has 106 valence electrons. The first-order chi connectivity index (χ1) is 9.70. The third-order valence-electron chi connectivity index (χ3n) is 3.66. The Hall–Kier alpha value is -1.71. The van der Waals surface area contributed by atoms with Crippen LogP contribution in [0.25, 0.3) is 0 Å². The molecule has 0 saturated carbocycles. The standard InChI is InChI=1S/C17H23N3/c1-14-6-8-15(9-7-14)17(13-18)20(2)12-10-16-5-3-4-11-19-16/h3-9,11,17H,10,12-13,18H2,1-2H3. The van der Waals surface area contributed by atoms with Crippen molar-refractivity contribution in [3.8, 4) is 0 Å². The molecule has 1 heterocycles. The van der Waals surface area contributed by atoms with E-state index in [-0.39, 0.29) is 6.04 Å². The van der Waals surface area contributed by atoms with Crippen molar-refractivity contribution >= 4 is 0 Å². The molecule has 0 aliphatic carbocycles. The maximum atomic E-state index is 5.96. The van der Waals surface area contributed by atoms with Crippen molar-refractivity contribution in [3.05, 3.63) is 65.5 Å². The summed E-state index contributed by atoms with van der Waals surface area (Å²) in [6.45, 7) is 3.68. The number of rotatable bonds is 6. The van der Waals surface area contributed by atoms with Gasteiger partial charge in [-0.15, -0.1) is 0 Å². The Labute approximate surface area is 121 Å². The molecule has 2 N–H and O–H groups in total. The highest BCUT2D eigenvalue weighted by atomic mass is 15.1. The summed E-state index contributed by atoms with van der Waals surface area (Å²) in [5.41, 5.74) is 9.64. The first-order valence-corrected chi connectivity index (χ1v) is 7.07. The second kappa shape index (κ2) is 7.17. The number of hydrogen-bond acceptors (Lipinski definition) is 3. The fourth-order valence-electron chi connectivity index (χ4n) is 2.35. The van der Waals surface area contributed by atoms with E-state index in [1.54, 1.807) is 0 Å². The topological polar surface area (TPSA) is 42.1 Å². The Morgan fingerprint density at radius 2 is 1.90 bits per heavy atom. The van der Waals surface area contributed by atoms with Crippen LogP contribution in [-0.2, 0) is 6.42 Å². The molecule has 0 aliphatic heterocycles. The maximum Gasteiger partial charge on any atom is 0.0467 e. The van der Waals surface area contributed by atoms with Crippen LogP contribution >= 0.6 is 0 Å². The Bertz CT molecular complexity index is 508. The molecule has 3 heteroatoms. The predicted octanol–water partition coefficient (Wildman–Crippen LogP) is 2.56. The molecule has 2 rings (SSSR count). The molecular formula is C17H23N3. The number of aryl methyl sites for hydroxylation is 1. The minimum Gasteiger partial charge on any atom is -0.329 e. The lowest BCUT2D eigenvalue weighted by atomic mass is 10.0. The molecule has 0 saturated heterocycles.